The molecule has 3 amide bonds. The van der Waals surface area contributed by atoms with Crippen LogP contribution in [0.15, 0.2) is 24.3 Å². The monoisotopic (exact) mass is 356 g/mol. The van der Waals surface area contributed by atoms with E-state index in [0.717, 1.165) is 4.90 Å². The highest BCUT2D eigenvalue weighted by Gasteiger charge is 2.51. The molecule has 92 valence electrons. The van der Waals surface area contributed by atoms with Crippen LogP contribution in [0.25, 0.3) is 0 Å². The quantitative estimate of drug-likeness (QED) is 0.365. The van der Waals surface area contributed by atoms with Gasteiger partial charge in [0, 0.05) is 4.43 Å². The van der Waals surface area contributed by atoms with Gasteiger partial charge < -0.3 is 5.32 Å². The maximum Gasteiger partial charge on any atom is 0.262 e. The number of carbonyl (C=O) groups excluding carboxylic acids is 3. The van der Waals surface area contributed by atoms with Crippen LogP contribution < -0.4 is 5.32 Å². The lowest BCUT2D eigenvalue weighted by atomic mass is 9.99. The van der Waals surface area contributed by atoms with Gasteiger partial charge in [-0.25, -0.2) is 0 Å². The largest absolute Gasteiger partial charge is 0.348 e. The van der Waals surface area contributed by atoms with Crippen LogP contribution in [-0.2, 0) is 4.79 Å². The number of β-lactam (4-membered cyclic amide) rings is 1. The van der Waals surface area contributed by atoms with Crippen LogP contribution in [0.2, 0.25) is 0 Å². The molecule has 1 aromatic carbocycles. The summed E-state index contributed by atoms with van der Waals surface area (Å²) in [5.41, 5.74) is 0.767. The number of amides is 3. The van der Waals surface area contributed by atoms with Gasteiger partial charge in [-0.1, -0.05) is 34.7 Å². The molecular formula is C12H9IN2O3. The lowest BCUT2D eigenvalue weighted by molar-refractivity contribution is -0.133. The van der Waals surface area contributed by atoms with Crippen molar-refractivity contribution < 1.29 is 14.4 Å². The number of nitrogens with one attached hydrogen (secondary N) is 1. The second-order valence-electron chi connectivity index (χ2n) is 4.24. The molecular weight excluding hydrogens is 347 g/mol. The molecule has 1 aromatic rings. The Morgan fingerprint density at radius 3 is 2.11 bits per heavy atom. The van der Waals surface area contributed by atoms with Crippen molar-refractivity contribution in [3.63, 3.8) is 0 Å². The Labute approximate surface area is 117 Å². The molecule has 0 saturated carbocycles. The smallest absolute Gasteiger partial charge is 0.262 e. The van der Waals surface area contributed by atoms with Crippen molar-refractivity contribution >= 4 is 40.3 Å². The van der Waals surface area contributed by atoms with E-state index >= 15 is 0 Å². The number of rotatable bonds is 2. The maximum absolute atomic E-state index is 12.2. The van der Waals surface area contributed by atoms with Gasteiger partial charge in [0.15, 0.2) is 0 Å². The summed E-state index contributed by atoms with van der Waals surface area (Å²) in [4.78, 5) is 37.0. The summed E-state index contributed by atoms with van der Waals surface area (Å²) in [7, 11) is 0. The maximum atomic E-state index is 12.2. The predicted octanol–water partition coefficient (Wildman–Crippen LogP) is 0.585. The Morgan fingerprint density at radius 2 is 1.67 bits per heavy atom. The first-order valence-electron chi connectivity index (χ1n) is 5.48. The molecule has 2 heterocycles. The van der Waals surface area contributed by atoms with Crippen molar-refractivity contribution in [1.29, 1.82) is 0 Å². The van der Waals surface area contributed by atoms with E-state index in [2.05, 4.69) is 27.9 Å². The summed E-state index contributed by atoms with van der Waals surface area (Å²) < 4.78 is 0.668. The van der Waals surface area contributed by atoms with E-state index in [9.17, 15) is 14.4 Å². The third kappa shape index (κ3) is 1.41. The van der Waals surface area contributed by atoms with Gasteiger partial charge in [-0.2, -0.15) is 0 Å². The van der Waals surface area contributed by atoms with E-state index in [1.807, 2.05) is 0 Å². The number of fused-ring (bicyclic) bond motifs is 1. The summed E-state index contributed by atoms with van der Waals surface area (Å²) >= 11 is 2.13. The Bertz CT molecular complexity index is 537. The van der Waals surface area contributed by atoms with Crippen molar-refractivity contribution in [2.75, 3.05) is 4.43 Å². The molecule has 0 radical (unpaired) electrons. The fourth-order valence-electron chi connectivity index (χ4n) is 2.31. The first-order valence-corrected chi connectivity index (χ1v) is 7.01. The standard InChI is InChI=1S/C12H9IN2O3/c13-5-8-9(10(16)14-8)15-11(17)6-3-1-2-4-7(6)12(15)18/h1-4,8-9H,5H2,(H,14,16)/t8-,9+/m1/s1. The van der Waals surface area contributed by atoms with E-state index < -0.39 is 6.04 Å². The van der Waals surface area contributed by atoms with Crippen LogP contribution >= 0.6 is 22.6 Å². The molecule has 0 unspecified atom stereocenters. The predicted molar refractivity (Wildman–Crippen MR) is 71.5 cm³/mol. The first kappa shape index (κ1) is 11.6. The highest BCUT2D eigenvalue weighted by atomic mass is 127. The zero-order valence-electron chi connectivity index (χ0n) is 9.22. The number of nitrogens with zero attached hydrogens (tertiary/aromatic N) is 1. The van der Waals surface area contributed by atoms with E-state index in [1.54, 1.807) is 24.3 Å². The topological polar surface area (TPSA) is 66.5 Å². The van der Waals surface area contributed by atoms with Crippen molar-refractivity contribution in [2.45, 2.75) is 12.1 Å². The molecule has 1 fully saturated rings. The van der Waals surface area contributed by atoms with Gasteiger partial charge in [0.05, 0.1) is 17.2 Å². The molecule has 6 heteroatoms. The fraction of sp³-hybridized carbons (Fsp3) is 0.250. The second-order valence-corrected chi connectivity index (χ2v) is 5.12. The van der Waals surface area contributed by atoms with Crippen LogP contribution in [0.4, 0.5) is 0 Å². The van der Waals surface area contributed by atoms with Crippen LogP contribution in [0, 0.1) is 0 Å². The molecule has 0 spiro atoms. The van der Waals surface area contributed by atoms with Crippen LogP contribution in [0.5, 0.6) is 0 Å². The van der Waals surface area contributed by atoms with Crippen LogP contribution in [0.3, 0.4) is 0 Å². The van der Waals surface area contributed by atoms with Gasteiger partial charge in [-0.3, -0.25) is 19.3 Å². The molecule has 1 N–H and O–H groups in total. The normalized spacial score (nSPS) is 25.8. The fourth-order valence-corrected chi connectivity index (χ4v) is 3.02. The van der Waals surface area contributed by atoms with Crippen molar-refractivity contribution in [3.05, 3.63) is 35.4 Å². The van der Waals surface area contributed by atoms with E-state index in [-0.39, 0.29) is 23.8 Å². The third-order valence-corrected chi connectivity index (χ3v) is 4.20. The molecule has 0 aromatic heterocycles. The van der Waals surface area contributed by atoms with E-state index in [4.69, 9.17) is 0 Å². The summed E-state index contributed by atoms with van der Waals surface area (Å²) in [6, 6.07) is 5.86. The molecule has 2 atom stereocenters. The Morgan fingerprint density at radius 1 is 1.11 bits per heavy atom. The lowest BCUT2D eigenvalue weighted by Crippen LogP contribution is -2.70. The summed E-state index contributed by atoms with van der Waals surface area (Å²) in [6.07, 6.45) is 0. The molecule has 0 aliphatic carbocycles. The number of alkyl halides is 1. The van der Waals surface area contributed by atoms with Gasteiger partial charge in [0.1, 0.15) is 6.04 Å². The van der Waals surface area contributed by atoms with Gasteiger partial charge in [0.2, 0.25) is 5.91 Å². The Balaban J connectivity index is 2.00. The molecule has 2 aliphatic rings. The molecule has 3 rings (SSSR count). The van der Waals surface area contributed by atoms with Crippen molar-refractivity contribution in [3.8, 4) is 0 Å². The number of hydrogen-bond donors (Lipinski definition) is 1. The number of hydrogen-bond acceptors (Lipinski definition) is 3. The Kier molecular flexibility index (Phi) is 2.61. The molecule has 0 bridgehead atoms. The minimum Gasteiger partial charge on any atom is -0.348 e. The summed E-state index contributed by atoms with van der Waals surface area (Å²) in [5.74, 6) is -0.998. The number of imide groups is 1. The lowest BCUT2D eigenvalue weighted by Gasteiger charge is -2.40. The number of carbonyl (C=O) groups is 3. The number of halogens is 1. The SMILES string of the molecule is O=C1N[C@H](CI)[C@@H]1N1C(=O)c2ccccc2C1=O. The van der Waals surface area contributed by atoms with Crippen LogP contribution in [-0.4, -0.2) is 39.1 Å². The molecule has 18 heavy (non-hydrogen) atoms. The van der Waals surface area contributed by atoms with E-state index in [1.165, 1.54) is 0 Å². The molecule has 5 nitrogen and oxygen atoms in total. The average Bonchev–Trinajstić information content (AvgIpc) is 2.62. The van der Waals surface area contributed by atoms with Gasteiger partial charge in [-0.15, -0.1) is 0 Å². The van der Waals surface area contributed by atoms with E-state index in [0.29, 0.717) is 15.6 Å². The summed E-state index contributed by atoms with van der Waals surface area (Å²) in [5, 5.41) is 2.69. The molecule has 1 saturated heterocycles. The summed E-state index contributed by atoms with van der Waals surface area (Å²) in [6.45, 7) is 0. The number of benzene rings is 1. The van der Waals surface area contributed by atoms with Crippen molar-refractivity contribution in [1.82, 2.24) is 10.2 Å². The van der Waals surface area contributed by atoms with Crippen molar-refractivity contribution in [2.24, 2.45) is 0 Å². The second kappa shape index (κ2) is 4.04. The first-order chi connectivity index (χ1) is 8.65. The van der Waals surface area contributed by atoms with Gasteiger partial charge in [0.25, 0.3) is 11.8 Å². The minimum atomic E-state index is -0.658. The minimum absolute atomic E-state index is 0.139. The van der Waals surface area contributed by atoms with Gasteiger partial charge in [-0.05, 0) is 12.1 Å². The average molecular weight is 356 g/mol. The zero-order chi connectivity index (χ0) is 12.9. The van der Waals surface area contributed by atoms with Gasteiger partial charge >= 0.3 is 0 Å². The molecule has 2 aliphatic heterocycles. The highest BCUT2D eigenvalue weighted by molar-refractivity contribution is 14.1. The van der Waals surface area contributed by atoms with Crippen LogP contribution in [0.1, 0.15) is 20.7 Å². The highest BCUT2D eigenvalue weighted by Crippen LogP contribution is 2.28. The Hall–Kier alpha value is -1.44. The third-order valence-electron chi connectivity index (χ3n) is 3.25. The zero-order valence-corrected chi connectivity index (χ0v) is 11.4.